The Bertz CT molecular complexity index is 759. The second kappa shape index (κ2) is 5.39. The van der Waals surface area contributed by atoms with Gasteiger partial charge in [0.05, 0.1) is 15.7 Å². The van der Waals surface area contributed by atoms with Gasteiger partial charge in [-0.2, -0.15) is 0 Å². The minimum atomic E-state index is -0.248. The van der Waals surface area contributed by atoms with Crippen molar-refractivity contribution in [2.75, 3.05) is 11.9 Å². The Hall–Kier alpha value is -2.04. The Morgan fingerprint density at radius 2 is 1.76 bits per heavy atom. The summed E-state index contributed by atoms with van der Waals surface area (Å²) in [7, 11) is 0. The maximum absolute atomic E-state index is 12.4. The van der Waals surface area contributed by atoms with E-state index in [-0.39, 0.29) is 18.3 Å². The maximum Gasteiger partial charge on any atom is 0.262 e. The number of halogens is 2. The van der Waals surface area contributed by atoms with Crippen molar-refractivity contribution in [3.8, 4) is 5.75 Å². The molecule has 0 atom stereocenters. The molecule has 1 heterocycles. The largest absolute Gasteiger partial charge is 0.482 e. The van der Waals surface area contributed by atoms with Crippen molar-refractivity contribution in [1.82, 2.24) is 0 Å². The summed E-state index contributed by atoms with van der Waals surface area (Å²) in [5.74, 6) is 0.0816. The molecule has 0 radical (unpaired) electrons. The molecule has 4 nitrogen and oxygen atoms in total. The Morgan fingerprint density at radius 1 is 1.05 bits per heavy atom. The monoisotopic (exact) mass is 321 g/mol. The third-order valence-corrected chi connectivity index (χ3v) is 3.80. The summed E-state index contributed by atoms with van der Waals surface area (Å²) in [6.07, 6.45) is 0. The SMILES string of the molecule is O=C1COc2ccc(C(=O)c3ccc(Cl)c(Cl)c3)cc2N1. The minimum absolute atomic E-state index is 0.0207. The van der Waals surface area contributed by atoms with Gasteiger partial charge in [0, 0.05) is 11.1 Å². The average Bonchev–Trinajstić information content (AvgIpc) is 2.48. The first-order valence-corrected chi connectivity index (χ1v) is 6.86. The molecular formula is C15H9Cl2NO3. The summed E-state index contributed by atoms with van der Waals surface area (Å²) in [6.45, 7) is -0.0207. The highest BCUT2D eigenvalue weighted by atomic mass is 35.5. The summed E-state index contributed by atoms with van der Waals surface area (Å²) >= 11 is 11.8. The number of carbonyl (C=O) groups is 2. The number of hydrogen-bond donors (Lipinski definition) is 1. The molecular weight excluding hydrogens is 313 g/mol. The van der Waals surface area contributed by atoms with Crippen LogP contribution in [-0.4, -0.2) is 18.3 Å². The number of amides is 1. The van der Waals surface area contributed by atoms with Crippen molar-refractivity contribution in [1.29, 1.82) is 0 Å². The lowest BCUT2D eigenvalue weighted by Crippen LogP contribution is -2.25. The third kappa shape index (κ3) is 2.73. The molecule has 0 aliphatic carbocycles. The second-order valence-corrected chi connectivity index (χ2v) is 5.32. The molecule has 1 aliphatic rings. The van der Waals surface area contributed by atoms with E-state index in [1.807, 2.05) is 0 Å². The quantitative estimate of drug-likeness (QED) is 0.860. The Labute approximate surface area is 130 Å². The van der Waals surface area contributed by atoms with Crippen LogP contribution in [-0.2, 0) is 4.79 Å². The van der Waals surface area contributed by atoms with Gasteiger partial charge in [-0.05, 0) is 36.4 Å². The molecule has 3 rings (SSSR count). The molecule has 0 saturated heterocycles. The number of ketones is 1. The van der Waals surface area contributed by atoms with Crippen LogP contribution in [0.3, 0.4) is 0 Å². The molecule has 0 bridgehead atoms. The topological polar surface area (TPSA) is 55.4 Å². The number of fused-ring (bicyclic) bond motifs is 1. The van der Waals surface area contributed by atoms with E-state index in [1.54, 1.807) is 30.3 Å². The second-order valence-electron chi connectivity index (χ2n) is 4.51. The van der Waals surface area contributed by atoms with Crippen LogP contribution < -0.4 is 10.1 Å². The van der Waals surface area contributed by atoms with Crippen molar-refractivity contribution >= 4 is 40.6 Å². The fraction of sp³-hybridized carbons (Fsp3) is 0.0667. The molecule has 106 valence electrons. The lowest BCUT2D eigenvalue weighted by atomic mass is 10.0. The average molecular weight is 322 g/mol. The lowest BCUT2D eigenvalue weighted by Gasteiger charge is -2.18. The summed E-state index contributed by atoms with van der Waals surface area (Å²) < 4.78 is 5.25. The normalized spacial score (nSPS) is 13.1. The van der Waals surface area contributed by atoms with Gasteiger partial charge in [0.25, 0.3) is 5.91 Å². The smallest absolute Gasteiger partial charge is 0.262 e. The molecule has 0 spiro atoms. The van der Waals surface area contributed by atoms with Gasteiger partial charge in [0.1, 0.15) is 5.75 Å². The van der Waals surface area contributed by atoms with Gasteiger partial charge in [-0.15, -0.1) is 0 Å². The van der Waals surface area contributed by atoms with Gasteiger partial charge in [-0.25, -0.2) is 0 Å². The summed E-state index contributed by atoms with van der Waals surface area (Å²) in [5.41, 5.74) is 1.34. The van der Waals surface area contributed by atoms with Crippen molar-refractivity contribution in [2.24, 2.45) is 0 Å². The van der Waals surface area contributed by atoms with Crippen molar-refractivity contribution in [3.05, 3.63) is 57.6 Å². The number of hydrogen-bond acceptors (Lipinski definition) is 3. The molecule has 1 N–H and O–H groups in total. The summed E-state index contributed by atoms with van der Waals surface area (Å²) in [6, 6.07) is 9.56. The third-order valence-electron chi connectivity index (χ3n) is 3.06. The number of rotatable bonds is 2. The van der Waals surface area contributed by atoms with E-state index in [4.69, 9.17) is 27.9 Å². The number of benzene rings is 2. The fourth-order valence-electron chi connectivity index (χ4n) is 2.03. The van der Waals surface area contributed by atoms with E-state index in [9.17, 15) is 9.59 Å². The van der Waals surface area contributed by atoms with Gasteiger partial charge >= 0.3 is 0 Å². The van der Waals surface area contributed by atoms with Crippen molar-refractivity contribution in [3.63, 3.8) is 0 Å². The lowest BCUT2D eigenvalue weighted by molar-refractivity contribution is -0.118. The Morgan fingerprint density at radius 3 is 2.52 bits per heavy atom. The molecule has 0 unspecified atom stereocenters. The zero-order valence-corrected chi connectivity index (χ0v) is 12.2. The number of nitrogens with one attached hydrogen (secondary N) is 1. The van der Waals surface area contributed by atoms with E-state index < -0.39 is 0 Å². The molecule has 6 heteroatoms. The van der Waals surface area contributed by atoms with Crippen LogP contribution in [0.15, 0.2) is 36.4 Å². The molecule has 0 aromatic heterocycles. The molecule has 0 saturated carbocycles. The number of carbonyl (C=O) groups excluding carboxylic acids is 2. The highest BCUT2D eigenvalue weighted by Gasteiger charge is 2.18. The zero-order chi connectivity index (χ0) is 15.0. The van der Waals surface area contributed by atoms with Gasteiger partial charge in [0.2, 0.25) is 0 Å². The molecule has 21 heavy (non-hydrogen) atoms. The highest BCUT2D eigenvalue weighted by molar-refractivity contribution is 6.42. The van der Waals surface area contributed by atoms with Crippen LogP contribution in [0.1, 0.15) is 15.9 Å². The summed E-state index contributed by atoms with van der Waals surface area (Å²) in [5, 5.41) is 3.37. The predicted molar refractivity (Wildman–Crippen MR) is 80.5 cm³/mol. The van der Waals surface area contributed by atoms with Gasteiger partial charge in [-0.3, -0.25) is 9.59 Å². The van der Waals surface area contributed by atoms with Crippen molar-refractivity contribution < 1.29 is 14.3 Å². The van der Waals surface area contributed by atoms with E-state index in [1.165, 1.54) is 6.07 Å². The zero-order valence-electron chi connectivity index (χ0n) is 10.7. The van der Waals surface area contributed by atoms with E-state index in [2.05, 4.69) is 5.32 Å². The Balaban J connectivity index is 1.96. The predicted octanol–water partition coefficient (Wildman–Crippen LogP) is 3.56. The molecule has 2 aromatic carbocycles. The molecule has 1 amide bonds. The Kier molecular flexibility index (Phi) is 3.57. The van der Waals surface area contributed by atoms with Crippen LogP contribution in [0.4, 0.5) is 5.69 Å². The highest BCUT2D eigenvalue weighted by Crippen LogP contribution is 2.30. The fourth-order valence-corrected chi connectivity index (χ4v) is 2.33. The van der Waals surface area contributed by atoms with Crippen molar-refractivity contribution in [2.45, 2.75) is 0 Å². The number of anilines is 1. The minimum Gasteiger partial charge on any atom is -0.482 e. The molecule has 0 fully saturated rings. The number of ether oxygens (including phenoxy) is 1. The standard InChI is InChI=1S/C15H9Cl2NO3/c16-10-3-1-8(5-11(10)17)15(20)9-2-4-13-12(6-9)18-14(19)7-21-13/h1-6H,7H2,(H,18,19). The van der Waals surface area contributed by atoms with Crippen LogP contribution in [0.2, 0.25) is 10.0 Å². The van der Waals surface area contributed by atoms with Gasteiger partial charge in [-0.1, -0.05) is 23.2 Å². The van der Waals surface area contributed by atoms with Crippen LogP contribution in [0, 0.1) is 0 Å². The maximum atomic E-state index is 12.4. The van der Waals surface area contributed by atoms with E-state index in [0.29, 0.717) is 32.6 Å². The van der Waals surface area contributed by atoms with Gasteiger partial charge in [0.15, 0.2) is 12.4 Å². The summed E-state index contributed by atoms with van der Waals surface area (Å²) in [4.78, 5) is 23.7. The molecule has 2 aromatic rings. The van der Waals surface area contributed by atoms with Crippen LogP contribution in [0.25, 0.3) is 0 Å². The first kappa shape index (κ1) is 13.9. The first-order chi connectivity index (χ1) is 10.0. The molecule has 1 aliphatic heterocycles. The van der Waals surface area contributed by atoms with E-state index >= 15 is 0 Å². The first-order valence-electron chi connectivity index (χ1n) is 6.11. The van der Waals surface area contributed by atoms with Crippen LogP contribution >= 0.6 is 23.2 Å². The van der Waals surface area contributed by atoms with Crippen LogP contribution in [0.5, 0.6) is 5.75 Å². The van der Waals surface area contributed by atoms with E-state index in [0.717, 1.165) is 0 Å². The van der Waals surface area contributed by atoms with Gasteiger partial charge < -0.3 is 10.1 Å².